The third kappa shape index (κ3) is 6.48. The molecule has 0 bridgehead atoms. The molecule has 0 radical (unpaired) electrons. The summed E-state index contributed by atoms with van der Waals surface area (Å²) < 4.78 is 0. The van der Waals surface area contributed by atoms with Crippen LogP contribution in [0.25, 0.3) is 0 Å². The minimum Gasteiger partial charge on any atom is -0.355 e. The number of para-hydroxylation sites is 1. The predicted octanol–water partition coefficient (Wildman–Crippen LogP) is 1.20. The lowest BCUT2D eigenvalue weighted by Crippen LogP contribution is -2.49. The third-order valence-electron chi connectivity index (χ3n) is 4.22. The second kappa shape index (κ2) is 10.6. The number of rotatable bonds is 9. The normalized spacial score (nSPS) is 11.8. The number of nitrogens with zero attached hydrogens (tertiary/aromatic N) is 1. The molecule has 1 rings (SSSR count). The molecule has 0 saturated carbocycles. The first-order valence-corrected chi connectivity index (χ1v) is 8.94. The number of carbonyl (C=O) groups excluding carboxylic acids is 3. The van der Waals surface area contributed by atoms with E-state index in [9.17, 15) is 14.4 Å². The summed E-state index contributed by atoms with van der Waals surface area (Å²) in [5.41, 5.74) is 2.71. The van der Waals surface area contributed by atoms with Crippen LogP contribution in [0.5, 0.6) is 0 Å². The number of anilines is 1. The van der Waals surface area contributed by atoms with Gasteiger partial charge in [-0.05, 0) is 45.4 Å². The van der Waals surface area contributed by atoms with Crippen LogP contribution in [-0.2, 0) is 14.4 Å². The van der Waals surface area contributed by atoms with Crippen LogP contribution in [0.2, 0.25) is 0 Å². The van der Waals surface area contributed by atoms with Crippen LogP contribution >= 0.6 is 0 Å². The molecule has 0 spiro atoms. The van der Waals surface area contributed by atoms with Gasteiger partial charge in [0, 0.05) is 12.2 Å². The van der Waals surface area contributed by atoms with Crippen LogP contribution in [0.4, 0.5) is 5.69 Å². The van der Waals surface area contributed by atoms with E-state index in [1.807, 2.05) is 45.9 Å². The van der Waals surface area contributed by atoms with Crippen LogP contribution in [0.15, 0.2) is 18.2 Å². The highest BCUT2D eigenvalue weighted by Crippen LogP contribution is 2.18. The van der Waals surface area contributed by atoms with E-state index in [0.29, 0.717) is 13.1 Å². The predicted molar refractivity (Wildman–Crippen MR) is 103 cm³/mol. The first-order chi connectivity index (χ1) is 12.3. The smallest absolute Gasteiger partial charge is 0.243 e. The van der Waals surface area contributed by atoms with Gasteiger partial charge in [0.1, 0.15) is 0 Å². The molecule has 0 fully saturated rings. The van der Waals surface area contributed by atoms with E-state index in [1.165, 1.54) is 0 Å². The van der Waals surface area contributed by atoms with Gasteiger partial charge in [0.25, 0.3) is 0 Å². The fourth-order valence-corrected chi connectivity index (χ4v) is 2.64. The van der Waals surface area contributed by atoms with Crippen molar-refractivity contribution in [3.05, 3.63) is 29.3 Å². The van der Waals surface area contributed by atoms with Crippen molar-refractivity contribution in [2.75, 3.05) is 31.5 Å². The second-order valence-corrected chi connectivity index (χ2v) is 6.23. The first-order valence-electron chi connectivity index (χ1n) is 8.94. The Kier molecular flexibility index (Phi) is 8.78. The highest BCUT2D eigenvalue weighted by atomic mass is 16.2. The molecule has 26 heavy (non-hydrogen) atoms. The maximum atomic E-state index is 12.3. The Bertz CT molecular complexity index is 625. The van der Waals surface area contributed by atoms with Gasteiger partial charge in [-0.2, -0.15) is 0 Å². The number of hydrogen-bond donors (Lipinski definition) is 3. The monoisotopic (exact) mass is 362 g/mol. The van der Waals surface area contributed by atoms with E-state index < -0.39 is 6.04 Å². The lowest BCUT2D eigenvalue weighted by Gasteiger charge is -2.26. The van der Waals surface area contributed by atoms with E-state index in [1.54, 1.807) is 11.8 Å². The van der Waals surface area contributed by atoms with Crippen molar-refractivity contribution in [1.29, 1.82) is 0 Å². The number of benzene rings is 1. The van der Waals surface area contributed by atoms with Crippen molar-refractivity contribution >= 4 is 23.4 Å². The average molecular weight is 362 g/mol. The van der Waals surface area contributed by atoms with Crippen LogP contribution in [0.1, 0.15) is 31.9 Å². The summed E-state index contributed by atoms with van der Waals surface area (Å²) in [6.45, 7) is 10.4. The van der Waals surface area contributed by atoms with E-state index in [0.717, 1.165) is 16.8 Å². The molecule has 0 aromatic heterocycles. The zero-order chi connectivity index (χ0) is 19.7. The topological polar surface area (TPSA) is 90.5 Å². The highest BCUT2D eigenvalue weighted by Gasteiger charge is 2.22. The van der Waals surface area contributed by atoms with Gasteiger partial charge >= 0.3 is 0 Å². The summed E-state index contributed by atoms with van der Waals surface area (Å²) in [5, 5.41) is 8.19. The molecule has 3 amide bonds. The number of amides is 3. The Labute approximate surface area is 155 Å². The lowest BCUT2D eigenvalue weighted by atomic mass is 10.1. The Hall–Kier alpha value is -2.41. The Morgan fingerprint density at radius 1 is 1.04 bits per heavy atom. The Morgan fingerprint density at radius 2 is 1.65 bits per heavy atom. The molecule has 3 N–H and O–H groups in total. The first kappa shape index (κ1) is 21.6. The number of likely N-dealkylation sites (N-methyl/N-ethyl adjacent to an activating group) is 2. The minimum absolute atomic E-state index is 0.115. The quantitative estimate of drug-likeness (QED) is 0.616. The maximum Gasteiger partial charge on any atom is 0.243 e. The van der Waals surface area contributed by atoms with Crippen LogP contribution in [0.3, 0.4) is 0 Å². The third-order valence-corrected chi connectivity index (χ3v) is 4.22. The van der Waals surface area contributed by atoms with Gasteiger partial charge in [0.2, 0.25) is 17.7 Å². The van der Waals surface area contributed by atoms with Crippen molar-refractivity contribution in [3.63, 3.8) is 0 Å². The van der Waals surface area contributed by atoms with Gasteiger partial charge in [0.05, 0.1) is 19.1 Å². The number of hydrogen-bond acceptors (Lipinski definition) is 4. The van der Waals surface area contributed by atoms with Gasteiger partial charge in [0.15, 0.2) is 0 Å². The molecule has 0 aliphatic rings. The van der Waals surface area contributed by atoms with E-state index in [4.69, 9.17) is 0 Å². The van der Waals surface area contributed by atoms with Gasteiger partial charge in [-0.3, -0.25) is 19.3 Å². The van der Waals surface area contributed by atoms with Crippen molar-refractivity contribution in [3.8, 4) is 0 Å². The summed E-state index contributed by atoms with van der Waals surface area (Å²) >= 11 is 0. The van der Waals surface area contributed by atoms with Crippen molar-refractivity contribution in [1.82, 2.24) is 15.5 Å². The van der Waals surface area contributed by atoms with Crippen molar-refractivity contribution in [2.24, 2.45) is 0 Å². The fourth-order valence-electron chi connectivity index (χ4n) is 2.64. The summed E-state index contributed by atoms with van der Waals surface area (Å²) in [6.07, 6.45) is 0. The summed E-state index contributed by atoms with van der Waals surface area (Å²) in [4.78, 5) is 37.9. The molecule has 7 nitrogen and oxygen atoms in total. The maximum absolute atomic E-state index is 12.3. The summed E-state index contributed by atoms with van der Waals surface area (Å²) in [6, 6.07) is 5.27. The standard InChI is InChI=1S/C19H30N4O3/c1-6-20-17(25)12-23(7-2)15(5)19(26)21-11-16(24)22-18-13(3)9-8-10-14(18)4/h8-10,15H,6-7,11-12H2,1-5H3,(H,20,25)(H,21,26)(H,22,24)/t15-/m0/s1. The minimum atomic E-state index is -0.504. The van der Waals surface area contributed by atoms with Gasteiger partial charge in [-0.1, -0.05) is 25.1 Å². The summed E-state index contributed by atoms with van der Waals surface area (Å²) in [5.74, 6) is -0.690. The molecular formula is C19H30N4O3. The van der Waals surface area contributed by atoms with Crippen LogP contribution in [-0.4, -0.2) is 54.8 Å². The molecule has 0 unspecified atom stereocenters. The molecule has 1 aromatic rings. The van der Waals surface area contributed by atoms with Gasteiger partial charge in [-0.15, -0.1) is 0 Å². The molecule has 144 valence electrons. The number of nitrogens with one attached hydrogen (secondary N) is 3. The van der Waals surface area contributed by atoms with Crippen LogP contribution in [0, 0.1) is 13.8 Å². The largest absolute Gasteiger partial charge is 0.355 e. The molecule has 0 heterocycles. The van der Waals surface area contributed by atoms with Gasteiger partial charge < -0.3 is 16.0 Å². The van der Waals surface area contributed by atoms with E-state index in [-0.39, 0.29) is 30.8 Å². The zero-order valence-electron chi connectivity index (χ0n) is 16.3. The lowest BCUT2D eigenvalue weighted by molar-refractivity contribution is -0.129. The molecular weight excluding hydrogens is 332 g/mol. The summed E-state index contributed by atoms with van der Waals surface area (Å²) in [7, 11) is 0. The molecule has 0 aliphatic heterocycles. The van der Waals surface area contributed by atoms with E-state index in [2.05, 4.69) is 16.0 Å². The van der Waals surface area contributed by atoms with Crippen LogP contribution < -0.4 is 16.0 Å². The number of aryl methyl sites for hydroxylation is 2. The highest BCUT2D eigenvalue weighted by molar-refractivity contribution is 5.96. The molecule has 1 aromatic carbocycles. The number of carbonyl (C=O) groups is 3. The van der Waals surface area contributed by atoms with Crippen molar-refractivity contribution in [2.45, 2.75) is 40.7 Å². The Morgan fingerprint density at radius 3 is 2.19 bits per heavy atom. The second-order valence-electron chi connectivity index (χ2n) is 6.23. The molecule has 1 atom stereocenters. The average Bonchev–Trinajstić information content (AvgIpc) is 2.60. The fraction of sp³-hybridized carbons (Fsp3) is 0.526. The van der Waals surface area contributed by atoms with Crippen molar-refractivity contribution < 1.29 is 14.4 Å². The molecule has 0 aliphatic carbocycles. The SMILES string of the molecule is CCNC(=O)CN(CC)[C@@H](C)C(=O)NCC(=O)Nc1c(C)cccc1C. The van der Waals surface area contributed by atoms with Gasteiger partial charge in [-0.25, -0.2) is 0 Å². The zero-order valence-corrected chi connectivity index (χ0v) is 16.3. The molecule has 7 heteroatoms. The van der Waals surface area contributed by atoms with E-state index >= 15 is 0 Å². The molecule has 0 saturated heterocycles. The Balaban J connectivity index is 2.55.